The fourth-order valence-electron chi connectivity index (χ4n) is 3.06. The van der Waals surface area contributed by atoms with Crippen LogP contribution in [-0.2, 0) is 14.8 Å². The number of methoxy groups -OCH3 is 2. The molecule has 1 heterocycles. The van der Waals surface area contributed by atoms with Crippen LogP contribution in [0.5, 0.6) is 11.5 Å². The fraction of sp³-hybridized carbons (Fsp3) is 0.174. The molecule has 2 N–H and O–H groups in total. The largest absolute Gasteiger partial charge is 0.493 e. The average Bonchev–Trinajstić information content (AvgIpc) is 2.76. The normalized spacial score (nSPS) is 11.3. The number of nitrogens with zero attached hydrogens (tertiary/aromatic N) is 2. The van der Waals surface area contributed by atoms with Crippen molar-refractivity contribution in [3.8, 4) is 11.5 Å². The standard InChI is InChI=1S/C23H23BrN4O5S/c1-14-11-15(2)26-23(25-14)28-34(30,31)18-8-6-17(7-9-18)27-21(29)10-5-16-12-19(24)22(33-4)20(13-16)32-3/h5-13H,1-4H3,(H,27,29)(H,25,26,28). The Morgan fingerprint density at radius 1 is 1.00 bits per heavy atom. The first-order valence-electron chi connectivity index (χ1n) is 9.97. The van der Waals surface area contributed by atoms with Crippen molar-refractivity contribution in [1.82, 2.24) is 9.97 Å². The van der Waals surface area contributed by atoms with Crippen LogP contribution in [0.25, 0.3) is 6.08 Å². The summed E-state index contributed by atoms with van der Waals surface area (Å²) in [6.07, 6.45) is 2.98. The van der Waals surface area contributed by atoms with Crippen LogP contribution >= 0.6 is 15.9 Å². The summed E-state index contributed by atoms with van der Waals surface area (Å²) in [5.41, 5.74) is 2.46. The molecular formula is C23H23BrN4O5S. The summed E-state index contributed by atoms with van der Waals surface area (Å²) < 4.78 is 38.9. The number of hydrogen-bond donors (Lipinski definition) is 2. The number of amides is 1. The summed E-state index contributed by atoms with van der Waals surface area (Å²) in [6.45, 7) is 3.50. The van der Waals surface area contributed by atoms with Gasteiger partial charge < -0.3 is 14.8 Å². The molecule has 0 saturated carbocycles. The Morgan fingerprint density at radius 2 is 1.65 bits per heavy atom. The quantitative estimate of drug-likeness (QED) is 0.403. The molecule has 0 bridgehead atoms. The molecule has 0 unspecified atom stereocenters. The van der Waals surface area contributed by atoms with Gasteiger partial charge in [0.25, 0.3) is 10.0 Å². The number of halogens is 1. The fourth-order valence-corrected chi connectivity index (χ4v) is 4.62. The van der Waals surface area contributed by atoms with Gasteiger partial charge >= 0.3 is 0 Å². The molecule has 0 fully saturated rings. The Balaban J connectivity index is 1.68. The van der Waals surface area contributed by atoms with Gasteiger partial charge in [-0.1, -0.05) is 0 Å². The monoisotopic (exact) mass is 546 g/mol. The zero-order chi connectivity index (χ0) is 24.9. The van der Waals surface area contributed by atoms with Crippen molar-refractivity contribution in [3.63, 3.8) is 0 Å². The second-order valence-corrected chi connectivity index (χ2v) is 9.70. The Hall–Kier alpha value is -3.44. The lowest BCUT2D eigenvalue weighted by atomic mass is 10.2. The van der Waals surface area contributed by atoms with Crippen molar-refractivity contribution in [2.24, 2.45) is 0 Å². The van der Waals surface area contributed by atoms with Crippen LogP contribution < -0.4 is 19.5 Å². The number of aromatic nitrogens is 2. The minimum absolute atomic E-state index is 0.00168. The molecule has 3 rings (SSSR count). The lowest BCUT2D eigenvalue weighted by Gasteiger charge is -2.10. The number of rotatable bonds is 8. The van der Waals surface area contributed by atoms with E-state index >= 15 is 0 Å². The van der Waals surface area contributed by atoms with Gasteiger partial charge in [-0.15, -0.1) is 0 Å². The molecule has 11 heteroatoms. The number of carbonyl (C=O) groups excluding carboxylic acids is 1. The van der Waals surface area contributed by atoms with Gasteiger partial charge in [0.2, 0.25) is 11.9 Å². The molecule has 34 heavy (non-hydrogen) atoms. The van der Waals surface area contributed by atoms with Crippen LogP contribution in [0.15, 0.2) is 57.9 Å². The number of ether oxygens (including phenoxy) is 2. The first-order valence-corrected chi connectivity index (χ1v) is 12.2. The van der Waals surface area contributed by atoms with E-state index in [0.29, 0.717) is 33.0 Å². The number of nitrogens with one attached hydrogen (secondary N) is 2. The van der Waals surface area contributed by atoms with Crippen LogP contribution in [0.4, 0.5) is 11.6 Å². The van der Waals surface area contributed by atoms with Gasteiger partial charge in [0, 0.05) is 23.2 Å². The Kier molecular flexibility index (Phi) is 7.90. The molecule has 0 aliphatic carbocycles. The topological polar surface area (TPSA) is 120 Å². The van der Waals surface area contributed by atoms with Gasteiger partial charge in [0.15, 0.2) is 11.5 Å². The molecule has 1 aromatic heterocycles. The predicted octanol–water partition coefficient (Wildman–Crippen LogP) is 4.33. The van der Waals surface area contributed by atoms with E-state index in [1.54, 1.807) is 38.1 Å². The molecule has 0 radical (unpaired) electrons. The van der Waals surface area contributed by atoms with Crippen LogP contribution in [0, 0.1) is 13.8 Å². The van der Waals surface area contributed by atoms with Crippen molar-refractivity contribution in [3.05, 3.63) is 70.0 Å². The molecule has 178 valence electrons. The molecule has 0 aliphatic heterocycles. The van der Waals surface area contributed by atoms with Gasteiger partial charge in [0.05, 0.1) is 23.6 Å². The Morgan fingerprint density at radius 3 is 2.24 bits per heavy atom. The minimum atomic E-state index is -3.88. The molecule has 2 aromatic carbocycles. The number of carbonyl (C=O) groups is 1. The number of hydrogen-bond acceptors (Lipinski definition) is 7. The highest BCUT2D eigenvalue weighted by Gasteiger charge is 2.16. The third kappa shape index (κ3) is 6.33. The predicted molar refractivity (Wildman–Crippen MR) is 134 cm³/mol. The summed E-state index contributed by atoms with van der Waals surface area (Å²) in [7, 11) is -0.819. The third-order valence-corrected chi connectivity index (χ3v) is 6.46. The average molecular weight is 547 g/mol. The zero-order valence-corrected chi connectivity index (χ0v) is 21.3. The number of benzene rings is 2. The zero-order valence-electron chi connectivity index (χ0n) is 18.9. The van der Waals surface area contributed by atoms with Crippen molar-refractivity contribution in [2.75, 3.05) is 24.3 Å². The second kappa shape index (κ2) is 10.7. The number of anilines is 2. The maximum Gasteiger partial charge on any atom is 0.264 e. The van der Waals surface area contributed by atoms with E-state index in [1.165, 1.54) is 44.6 Å². The first-order chi connectivity index (χ1) is 16.1. The maximum atomic E-state index is 12.6. The van der Waals surface area contributed by atoms with Crippen molar-refractivity contribution in [1.29, 1.82) is 0 Å². The van der Waals surface area contributed by atoms with Crippen LogP contribution in [0.3, 0.4) is 0 Å². The van der Waals surface area contributed by atoms with E-state index in [0.717, 1.165) is 5.56 Å². The maximum absolute atomic E-state index is 12.6. The highest BCUT2D eigenvalue weighted by atomic mass is 79.9. The SMILES string of the molecule is COc1cc(C=CC(=O)Nc2ccc(S(=O)(=O)Nc3nc(C)cc(C)n3)cc2)cc(Br)c1OC. The molecule has 9 nitrogen and oxygen atoms in total. The summed E-state index contributed by atoms with van der Waals surface area (Å²) >= 11 is 3.41. The summed E-state index contributed by atoms with van der Waals surface area (Å²) in [6, 6.07) is 11.0. The van der Waals surface area contributed by atoms with Crippen LogP contribution in [-0.4, -0.2) is 38.5 Å². The third-order valence-electron chi connectivity index (χ3n) is 4.52. The Bertz CT molecular complexity index is 1320. The molecule has 1 amide bonds. The van der Waals surface area contributed by atoms with E-state index in [1.807, 2.05) is 0 Å². The molecule has 0 spiro atoms. The van der Waals surface area contributed by atoms with Gasteiger partial charge in [0.1, 0.15) is 0 Å². The molecule has 0 aliphatic rings. The minimum Gasteiger partial charge on any atom is -0.493 e. The van der Waals surface area contributed by atoms with E-state index < -0.39 is 10.0 Å². The summed E-state index contributed by atoms with van der Waals surface area (Å²) in [5.74, 6) is 0.691. The number of aryl methyl sites for hydroxylation is 2. The van der Waals surface area contributed by atoms with Gasteiger partial charge in [-0.2, -0.15) is 0 Å². The van der Waals surface area contributed by atoms with E-state index in [4.69, 9.17) is 9.47 Å². The van der Waals surface area contributed by atoms with E-state index in [2.05, 4.69) is 35.9 Å². The number of sulfonamides is 1. The van der Waals surface area contributed by atoms with Gasteiger partial charge in [-0.3, -0.25) is 4.79 Å². The molecule has 0 atom stereocenters. The van der Waals surface area contributed by atoms with Gasteiger partial charge in [-0.25, -0.2) is 23.1 Å². The van der Waals surface area contributed by atoms with E-state index in [9.17, 15) is 13.2 Å². The Labute approximate surface area is 206 Å². The lowest BCUT2D eigenvalue weighted by Crippen LogP contribution is -2.16. The van der Waals surface area contributed by atoms with Crippen molar-refractivity contribution < 1.29 is 22.7 Å². The van der Waals surface area contributed by atoms with E-state index in [-0.39, 0.29) is 16.8 Å². The van der Waals surface area contributed by atoms with Crippen LogP contribution in [0.1, 0.15) is 17.0 Å². The van der Waals surface area contributed by atoms with Crippen LogP contribution in [0.2, 0.25) is 0 Å². The molecule has 0 saturated heterocycles. The summed E-state index contributed by atoms with van der Waals surface area (Å²) in [4.78, 5) is 20.5. The second-order valence-electron chi connectivity index (χ2n) is 7.17. The molecular weight excluding hydrogens is 524 g/mol. The van der Waals surface area contributed by atoms with Gasteiger partial charge in [-0.05, 0) is 83.9 Å². The van der Waals surface area contributed by atoms with Crippen molar-refractivity contribution >= 4 is 49.6 Å². The smallest absolute Gasteiger partial charge is 0.264 e. The van der Waals surface area contributed by atoms with Crippen molar-refractivity contribution in [2.45, 2.75) is 18.7 Å². The highest BCUT2D eigenvalue weighted by molar-refractivity contribution is 9.10. The summed E-state index contributed by atoms with van der Waals surface area (Å²) in [5, 5.41) is 2.69. The highest BCUT2D eigenvalue weighted by Crippen LogP contribution is 2.36. The molecule has 3 aromatic rings. The first kappa shape index (κ1) is 25.2. The lowest BCUT2D eigenvalue weighted by molar-refractivity contribution is -0.111.